The number of anilines is 2. The van der Waals surface area contributed by atoms with Crippen molar-refractivity contribution in [3.8, 4) is 0 Å². The van der Waals surface area contributed by atoms with Crippen LogP contribution in [0.5, 0.6) is 0 Å². The molecule has 1 aromatic rings. The molecule has 5 nitrogen and oxygen atoms in total. The number of carboxylic acid groups (broad SMARTS) is 1. The van der Waals surface area contributed by atoms with Crippen LogP contribution in [0.25, 0.3) is 0 Å². The number of hydrogen-bond acceptors (Lipinski definition) is 4. The molecule has 1 saturated heterocycles. The molecule has 0 aliphatic carbocycles. The Kier molecular flexibility index (Phi) is 4.84. The van der Waals surface area contributed by atoms with Crippen LogP contribution in [0.15, 0.2) is 18.2 Å². The van der Waals surface area contributed by atoms with Gasteiger partial charge >= 0.3 is 18.1 Å². The third kappa shape index (κ3) is 3.85. The zero-order chi connectivity index (χ0) is 16.3. The van der Waals surface area contributed by atoms with Crippen LogP contribution < -0.4 is 10.2 Å². The minimum atomic E-state index is -5.07. The van der Waals surface area contributed by atoms with Crippen molar-refractivity contribution in [2.75, 3.05) is 34.8 Å². The fraction of sp³-hybridized carbons (Fsp3) is 0.385. The van der Waals surface area contributed by atoms with Crippen molar-refractivity contribution in [1.29, 1.82) is 0 Å². The van der Waals surface area contributed by atoms with E-state index in [0.717, 1.165) is 24.6 Å². The van der Waals surface area contributed by atoms with Crippen LogP contribution in [0.4, 0.5) is 24.5 Å². The highest BCUT2D eigenvalue weighted by Gasteiger charge is 2.39. The summed E-state index contributed by atoms with van der Waals surface area (Å²) in [6.45, 7) is 1.47. The molecule has 0 bridgehead atoms. The van der Waals surface area contributed by atoms with Crippen molar-refractivity contribution in [1.82, 2.24) is 0 Å². The van der Waals surface area contributed by atoms with Gasteiger partial charge in [0.1, 0.15) is 0 Å². The molecule has 9 heteroatoms. The van der Waals surface area contributed by atoms with Gasteiger partial charge in [-0.2, -0.15) is 24.9 Å². The van der Waals surface area contributed by atoms with Gasteiger partial charge in [0.15, 0.2) is 0 Å². The quantitative estimate of drug-likeness (QED) is 0.888. The SMILES string of the molecule is O=C(O)c1cc(N2CCSCC2)ccc1NC(=O)C(F)(F)F. The highest BCUT2D eigenvalue weighted by atomic mass is 32.2. The molecule has 1 aliphatic heterocycles. The van der Waals surface area contributed by atoms with E-state index in [1.54, 1.807) is 17.1 Å². The average Bonchev–Trinajstić information content (AvgIpc) is 2.47. The lowest BCUT2D eigenvalue weighted by Crippen LogP contribution is -2.33. The molecule has 1 amide bonds. The minimum absolute atomic E-state index is 0.367. The van der Waals surface area contributed by atoms with Gasteiger partial charge in [0.05, 0.1) is 11.3 Å². The number of nitrogens with one attached hydrogen (secondary N) is 1. The lowest BCUT2D eigenvalue weighted by atomic mass is 10.1. The first kappa shape index (κ1) is 16.5. The Bertz CT molecular complexity index is 586. The molecule has 0 spiro atoms. The summed E-state index contributed by atoms with van der Waals surface area (Å²) in [5.41, 5.74) is -0.124. The maximum Gasteiger partial charge on any atom is 0.471 e. The third-order valence-electron chi connectivity index (χ3n) is 3.12. The maximum absolute atomic E-state index is 12.3. The molecule has 0 unspecified atom stereocenters. The lowest BCUT2D eigenvalue weighted by Gasteiger charge is -2.29. The van der Waals surface area contributed by atoms with Crippen molar-refractivity contribution in [2.24, 2.45) is 0 Å². The smallest absolute Gasteiger partial charge is 0.471 e. The number of hydrogen-bond donors (Lipinski definition) is 2. The molecular formula is C13H13F3N2O3S. The predicted molar refractivity (Wildman–Crippen MR) is 77.6 cm³/mol. The largest absolute Gasteiger partial charge is 0.478 e. The van der Waals surface area contributed by atoms with Gasteiger partial charge < -0.3 is 15.3 Å². The van der Waals surface area contributed by atoms with Crippen LogP contribution in [0.3, 0.4) is 0 Å². The molecule has 1 heterocycles. The van der Waals surface area contributed by atoms with E-state index in [-0.39, 0.29) is 11.3 Å². The van der Waals surface area contributed by atoms with E-state index in [2.05, 4.69) is 0 Å². The molecule has 0 radical (unpaired) electrons. The van der Waals surface area contributed by atoms with Gasteiger partial charge in [-0.25, -0.2) is 4.79 Å². The van der Waals surface area contributed by atoms with Crippen LogP contribution in [0.2, 0.25) is 0 Å². The van der Waals surface area contributed by atoms with E-state index in [4.69, 9.17) is 5.11 Å². The highest BCUT2D eigenvalue weighted by Crippen LogP contribution is 2.27. The van der Waals surface area contributed by atoms with Crippen molar-refractivity contribution >= 4 is 35.0 Å². The molecule has 1 fully saturated rings. The Hall–Kier alpha value is -1.90. The molecule has 1 aromatic carbocycles. The molecule has 2 N–H and O–H groups in total. The number of carboxylic acids is 1. The van der Waals surface area contributed by atoms with Gasteiger partial charge in [0, 0.05) is 30.3 Å². The first-order valence-corrected chi connectivity index (χ1v) is 7.52. The zero-order valence-corrected chi connectivity index (χ0v) is 12.1. The van der Waals surface area contributed by atoms with Gasteiger partial charge in [-0.05, 0) is 18.2 Å². The predicted octanol–water partition coefficient (Wildman–Crippen LogP) is 2.44. The number of carbonyl (C=O) groups excluding carboxylic acids is 1. The van der Waals surface area contributed by atoms with Crippen molar-refractivity contribution in [2.45, 2.75) is 6.18 Å². The fourth-order valence-electron chi connectivity index (χ4n) is 2.03. The topological polar surface area (TPSA) is 69.6 Å². The number of halogens is 3. The second-order valence-corrected chi connectivity index (χ2v) is 5.81. The summed E-state index contributed by atoms with van der Waals surface area (Å²) in [6, 6.07) is 3.98. The highest BCUT2D eigenvalue weighted by molar-refractivity contribution is 7.99. The minimum Gasteiger partial charge on any atom is -0.478 e. The Morgan fingerprint density at radius 3 is 2.41 bits per heavy atom. The molecular weight excluding hydrogens is 321 g/mol. The Morgan fingerprint density at radius 2 is 1.86 bits per heavy atom. The number of benzene rings is 1. The maximum atomic E-state index is 12.3. The number of amides is 1. The summed E-state index contributed by atoms with van der Waals surface area (Å²) in [7, 11) is 0. The standard InChI is InChI=1S/C13H13F3N2O3S/c14-13(15,16)12(21)17-10-2-1-8(7-9(10)11(19)20)18-3-5-22-6-4-18/h1-2,7H,3-6H2,(H,17,21)(H,19,20). The van der Waals surface area contributed by atoms with Crippen molar-refractivity contribution < 1.29 is 27.9 Å². The van der Waals surface area contributed by atoms with Crippen LogP contribution in [0, 0.1) is 0 Å². The second-order valence-electron chi connectivity index (χ2n) is 4.59. The lowest BCUT2D eigenvalue weighted by molar-refractivity contribution is -0.167. The second kappa shape index (κ2) is 6.47. The molecule has 22 heavy (non-hydrogen) atoms. The van der Waals surface area contributed by atoms with E-state index >= 15 is 0 Å². The first-order valence-electron chi connectivity index (χ1n) is 6.37. The van der Waals surface area contributed by atoms with Gasteiger partial charge in [0.25, 0.3) is 0 Å². The Balaban J connectivity index is 2.27. The fourth-order valence-corrected chi connectivity index (χ4v) is 2.93. The van der Waals surface area contributed by atoms with Crippen LogP contribution in [-0.4, -0.2) is 47.8 Å². The van der Waals surface area contributed by atoms with E-state index in [1.807, 2.05) is 4.90 Å². The Labute approximate surface area is 128 Å². The van der Waals surface area contributed by atoms with Crippen molar-refractivity contribution in [3.63, 3.8) is 0 Å². The summed E-state index contributed by atoms with van der Waals surface area (Å²) in [5.74, 6) is -1.80. The monoisotopic (exact) mass is 334 g/mol. The first-order chi connectivity index (χ1) is 10.3. The number of nitrogens with zero attached hydrogens (tertiary/aromatic N) is 1. The molecule has 2 rings (SSSR count). The zero-order valence-electron chi connectivity index (χ0n) is 11.3. The van der Waals surface area contributed by atoms with Gasteiger partial charge in [-0.1, -0.05) is 0 Å². The average molecular weight is 334 g/mol. The summed E-state index contributed by atoms with van der Waals surface area (Å²) >= 11 is 1.78. The van der Waals surface area contributed by atoms with Gasteiger partial charge in [0.2, 0.25) is 0 Å². The summed E-state index contributed by atoms with van der Waals surface area (Å²) in [6.07, 6.45) is -5.07. The van der Waals surface area contributed by atoms with E-state index in [0.29, 0.717) is 5.69 Å². The summed E-state index contributed by atoms with van der Waals surface area (Å²) in [4.78, 5) is 24.1. The van der Waals surface area contributed by atoms with E-state index < -0.39 is 18.1 Å². The van der Waals surface area contributed by atoms with Crippen molar-refractivity contribution in [3.05, 3.63) is 23.8 Å². The molecule has 0 atom stereocenters. The number of carbonyl (C=O) groups is 2. The molecule has 0 saturated carbocycles. The van der Waals surface area contributed by atoms with Crippen LogP contribution in [-0.2, 0) is 4.79 Å². The normalized spacial score (nSPS) is 15.5. The number of thioether (sulfide) groups is 1. The Morgan fingerprint density at radius 1 is 1.23 bits per heavy atom. The number of aromatic carboxylic acids is 1. The molecule has 1 aliphatic rings. The third-order valence-corrected chi connectivity index (χ3v) is 4.06. The number of rotatable bonds is 3. The number of alkyl halides is 3. The van der Waals surface area contributed by atoms with Crippen LogP contribution >= 0.6 is 11.8 Å². The summed E-state index contributed by atoms with van der Waals surface area (Å²) in [5, 5.41) is 10.7. The van der Waals surface area contributed by atoms with Crippen LogP contribution in [0.1, 0.15) is 10.4 Å². The summed E-state index contributed by atoms with van der Waals surface area (Å²) < 4.78 is 36.8. The van der Waals surface area contributed by atoms with E-state index in [9.17, 15) is 22.8 Å². The molecule has 0 aromatic heterocycles. The van der Waals surface area contributed by atoms with E-state index in [1.165, 1.54) is 18.2 Å². The van der Waals surface area contributed by atoms with Gasteiger partial charge in [-0.3, -0.25) is 4.79 Å². The van der Waals surface area contributed by atoms with Gasteiger partial charge in [-0.15, -0.1) is 0 Å². The molecule has 120 valence electrons.